The first-order valence-electron chi connectivity index (χ1n) is 7.12. The molecule has 0 radical (unpaired) electrons. The summed E-state index contributed by atoms with van der Waals surface area (Å²) >= 11 is 1.83. The highest BCUT2D eigenvalue weighted by atomic mass is 32.2. The summed E-state index contributed by atoms with van der Waals surface area (Å²) in [5.41, 5.74) is 2.63. The van der Waals surface area contributed by atoms with Crippen LogP contribution in [0.25, 0.3) is 0 Å². The van der Waals surface area contributed by atoms with Gasteiger partial charge in [0.2, 0.25) is 0 Å². The highest BCUT2D eigenvalue weighted by molar-refractivity contribution is 8.14. The Morgan fingerprint density at radius 1 is 1.32 bits per heavy atom. The molecule has 0 bridgehead atoms. The molecule has 1 unspecified atom stereocenters. The van der Waals surface area contributed by atoms with E-state index in [0.717, 1.165) is 23.0 Å². The average Bonchev–Trinajstić information content (AvgIpc) is 2.39. The molecular formula is C16H24N2S. The smallest absolute Gasteiger partial charge is 0.161 e. The van der Waals surface area contributed by atoms with Crippen LogP contribution in [0.5, 0.6) is 0 Å². The molecule has 0 aliphatic carbocycles. The van der Waals surface area contributed by atoms with Crippen LogP contribution in [0.15, 0.2) is 29.3 Å². The molecule has 1 heterocycles. The summed E-state index contributed by atoms with van der Waals surface area (Å²) < 4.78 is 0. The molecule has 104 valence electrons. The third kappa shape index (κ3) is 3.75. The molecular weight excluding hydrogens is 252 g/mol. The molecule has 19 heavy (non-hydrogen) atoms. The van der Waals surface area contributed by atoms with Gasteiger partial charge in [0.15, 0.2) is 5.17 Å². The van der Waals surface area contributed by atoms with Gasteiger partial charge in [-0.2, -0.15) is 0 Å². The van der Waals surface area contributed by atoms with Crippen LogP contribution >= 0.6 is 11.8 Å². The summed E-state index contributed by atoms with van der Waals surface area (Å²) in [5.74, 6) is 1.74. The van der Waals surface area contributed by atoms with Crippen molar-refractivity contribution in [3.63, 3.8) is 0 Å². The van der Waals surface area contributed by atoms with Crippen molar-refractivity contribution in [2.45, 2.75) is 52.0 Å². The maximum Gasteiger partial charge on any atom is 0.161 e. The van der Waals surface area contributed by atoms with Crippen LogP contribution in [-0.2, 0) is 0 Å². The summed E-state index contributed by atoms with van der Waals surface area (Å²) in [4.78, 5) is 4.85. The number of hydrogen-bond acceptors (Lipinski definition) is 3. The summed E-state index contributed by atoms with van der Waals surface area (Å²) in [6, 6.07) is 8.69. The van der Waals surface area contributed by atoms with Crippen LogP contribution < -0.4 is 5.32 Å². The second kappa shape index (κ2) is 6.00. The Morgan fingerprint density at radius 2 is 2.00 bits per heavy atom. The number of nitrogens with one attached hydrogen (secondary N) is 1. The molecule has 1 N–H and O–H groups in total. The molecule has 1 atom stereocenters. The van der Waals surface area contributed by atoms with E-state index in [1.807, 2.05) is 11.8 Å². The third-order valence-corrected chi connectivity index (χ3v) is 4.72. The largest absolute Gasteiger partial charge is 0.335 e. The number of thioether (sulfide) groups is 1. The quantitative estimate of drug-likeness (QED) is 0.850. The van der Waals surface area contributed by atoms with Gasteiger partial charge in [0.1, 0.15) is 0 Å². The first kappa shape index (κ1) is 14.4. The summed E-state index contributed by atoms with van der Waals surface area (Å²) in [7, 11) is 0. The predicted octanol–water partition coefficient (Wildman–Crippen LogP) is 4.88. The highest BCUT2D eigenvalue weighted by Gasteiger charge is 2.25. The number of anilines is 1. The van der Waals surface area contributed by atoms with Crippen LogP contribution in [0.1, 0.15) is 52.0 Å². The Kier molecular flexibility index (Phi) is 4.56. The lowest BCUT2D eigenvalue weighted by Crippen LogP contribution is -2.29. The third-order valence-electron chi connectivity index (χ3n) is 3.84. The summed E-state index contributed by atoms with van der Waals surface area (Å²) in [6.45, 7) is 8.90. The number of hydrogen-bond donors (Lipinski definition) is 1. The predicted molar refractivity (Wildman–Crippen MR) is 87.4 cm³/mol. The molecule has 0 spiro atoms. The van der Waals surface area contributed by atoms with Crippen LogP contribution in [0.4, 0.5) is 5.69 Å². The Morgan fingerprint density at radius 3 is 2.58 bits per heavy atom. The van der Waals surface area contributed by atoms with E-state index in [2.05, 4.69) is 57.3 Å². The molecule has 3 heteroatoms. The fraction of sp³-hybridized carbons (Fsp3) is 0.562. The standard InChI is InChI=1S/C16H24N2S/c1-5-16(4)10-11-19-15(18-16)17-14-8-6-13(7-9-14)12(2)3/h6-9,12H,5,10-11H2,1-4H3,(H,17,18). The molecule has 0 aromatic heterocycles. The Hall–Kier alpha value is -0.960. The van der Waals surface area contributed by atoms with Crippen molar-refractivity contribution in [1.29, 1.82) is 0 Å². The molecule has 1 aliphatic rings. The molecule has 2 rings (SSSR count). The van der Waals surface area contributed by atoms with Gasteiger partial charge >= 0.3 is 0 Å². The van der Waals surface area contributed by atoms with Gasteiger partial charge < -0.3 is 5.32 Å². The molecule has 1 aliphatic heterocycles. The molecule has 0 fully saturated rings. The summed E-state index contributed by atoms with van der Waals surface area (Å²) in [6.07, 6.45) is 2.27. The maximum absolute atomic E-state index is 4.85. The Bertz CT molecular complexity index is 450. The number of benzene rings is 1. The minimum atomic E-state index is 0.117. The van der Waals surface area contributed by atoms with E-state index in [1.54, 1.807) is 0 Å². The number of aliphatic imine (C=N–C) groups is 1. The lowest BCUT2D eigenvalue weighted by molar-refractivity contribution is 0.443. The molecule has 0 saturated carbocycles. The van der Waals surface area contributed by atoms with Crippen molar-refractivity contribution < 1.29 is 0 Å². The number of nitrogens with zero attached hydrogens (tertiary/aromatic N) is 1. The monoisotopic (exact) mass is 276 g/mol. The molecule has 1 aromatic carbocycles. The van der Waals surface area contributed by atoms with Crippen molar-refractivity contribution in [3.8, 4) is 0 Å². The van der Waals surface area contributed by atoms with Crippen LogP contribution in [0, 0.1) is 0 Å². The topological polar surface area (TPSA) is 24.4 Å². The molecule has 2 nitrogen and oxygen atoms in total. The zero-order valence-corrected chi connectivity index (χ0v) is 13.2. The SMILES string of the molecule is CCC1(C)CCSC(Nc2ccc(C(C)C)cc2)=N1. The highest BCUT2D eigenvalue weighted by Crippen LogP contribution is 2.30. The van der Waals surface area contributed by atoms with Gasteiger partial charge in [-0.25, -0.2) is 0 Å². The molecule has 0 amide bonds. The van der Waals surface area contributed by atoms with Crippen molar-refractivity contribution in [2.75, 3.05) is 11.1 Å². The van der Waals surface area contributed by atoms with Crippen LogP contribution in [-0.4, -0.2) is 16.5 Å². The van der Waals surface area contributed by atoms with Gasteiger partial charge in [0.05, 0.1) is 5.54 Å². The summed E-state index contributed by atoms with van der Waals surface area (Å²) in [5, 5.41) is 4.51. The number of rotatable bonds is 3. The Balaban J connectivity index is 2.08. The van der Waals surface area contributed by atoms with Gasteiger partial charge in [-0.05, 0) is 43.4 Å². The van der Waals surface area contributed by atoms with Gasteiger partial charge in [0.25, 0.3) is 0 Å². The van der Waals surface area contributed by atoms with Gasteiger partial charge in [-0.1, -0.05) is 44.7 Å². The van der Waals surface area contributed by atoms with E-state index < -0.39 is 0 Å². The normalized spacial score (nSPS) is 23.3. The average molecular weight is 276 g/mol. The van der Waals surface area contributed by atoms with E-state index in [0.29, 0.717) is 5.92 Å². The lowest BCUT2D eigenvalue weighted by atomic mass is 9.97. The molecule has 0 saturated heterocycles. The Labute approximate surface area is 121 Å². The van der Waals surface area contributed by atoms with Gasteiger partial charge in [0, 0.05) is 11.4 Å². The first-order chi connectivity index (χ1) is 9.02. The van der Waals surface area contributed by atoms with E-state index >= 15 is 0 Å². The van der Waals surface area contributed by atoms with E-state index in [9.17, 15) is 0 Å². The van der Waals surface area contributed by atoms with E-state index in [-0.39, 0.29) is 5.54 Å². The van der Waals surface area contributed by atoms with E-state index in [4.69, 9.17) is 4.99 Å². The second-order valence-electron chi connectivity index (χ2n) is 5.77. The minimum Gasteiger partial charge on any atom is -0.335 e. The lowest BCUT2D eigenvalue weighted by Gasteiger charge is -2.29. The van der Waals surface area contributed by atoms with E-state index in [1.165, 1.54) is 12.0 Å². The zero-order valence-electron chi connectivity index (χ0n) is 12.4. The van der Waals surface area contributed by atoms with Gasteiger partial charge in [-0.15, -0.1) is 0 Å². The first-order valence-corrected chi connectivity index (χ1v) is 8.10. The minimum absolute atomic E-state index is 0.117. The van der Waals surface area contributed by atoms with Crippen molar-refractivity contribution in [1.82, 2.24) is 0 Å². The second-order valence-corrected chi connectivity index (χ2v) is 6.85. The zero-order chi connectivity index (χ0) is 13.9. The molecule has 1 aromatic rings. The fourth-order valence-corrected chi connectivity index (χ4v) is 3.31. The van der Waals surface area contributed by atoms with Crippen LogP contribution in [0.2, 0.25) is 0 Å². The number of amidine groups is 1. The maximum atomic E-state index is 4.85. The van der Waals surface area contributed by atoms with Gasteiger partial charge in [-0.3, -0.25) is 4.99 Å². The van der Waals surface area contributed by atoms with Crippen molar-refractivity contribution in [3.05, 3.63) is 29.8 Å². The van der Waals surface area contributed by atoms with Crippen molar-refractivity contribution >= 4 is 22.6 Å². The van der Waals surface area contributed by atoms with Crippen LogP contribution in [0.3, 0.4) is 0 Å². The fourth-order valence-electron chi connectivity index (χ4n) is 2.10. The van der Waals surface area contributed by atoms with Crippen molar-refractivity contribution in [2.24, 2.45) is 4.99 Å².